The Bertz CT molecular complexity index is 521. The Balaban J connectivity index is 2.52. The van der Waals surface area contributed by atoms with Crippen molar-refractivity contribution in [1.29, 1.82) is 0 Å². The van der Waals surface area contributed by atoms with Gasteiger partial charge in [0.25, 0.3) is 0 Å². The van der Waals surface area contributed by atoms with Crippen LogP contribution in [0.1, 0.15) is 39.7 Å². The standard InChI is InChI=1S/C17H26F2N2O2/c1-11(2)21(10-13(4)22)17(23)20-12(3)5-6-14-7-8-15(18)16(19)9-14/h7-9,11-13,22H,5-6,10H2,1-4H3,(H,20,23). The number of aliphatic hydroxyl groups is 1. The van der Waals surface area contributed by atoms with Gasteiger partial charge in [-0.3, -0.25) is 0 Å². The van der Waals surface area contributed by atoms with Gasteiger partial charge in [0.15, 0.2) is 11.6 Å². The van der Waals surface area contributed by atoms with E-state index in [1.54, 1.807) is 17.9 Å². The molecule has 1 aromatic rings. The summed E-state index contributed by atoms with van der Waals surface area (Å²) in [5.74, 6) is -1.72. The summed E-state index contributed by atoms with van der Waals surface area (Å²) in [5, 5.41) is 12.3. The number of carbonyl (C=O) groups is 1. The molecule has 2 N–H and O–H groups in total. The lowest BCUT2D eigenvalue weighted by atomic mass is 10.1. The molecule has 0 aliphatic rings. The number of carbonyl (C=O) groups excluding carboxylic acids is 1. The minimum absolute atomic E-state index is 0.0250. The molecule has 0 aliphatic carbocycles. The van der Waals surface area contributed by atoms with Crippen LogP contribution in [0.5, 0.6) is 0 Å². The summed E-state index contributed by atoms with van der Waals surface area (Å²) in [6, 6.07) is 3.45. The number of aryl methyl sites for hydroxylation is 1. The van der Waals surface area contributed by atoms with E-state index in [0.29, 0.717) is 18.4 Å². The molecule has 2 unspecified atom stereocenters. The molecule has 1 aromatic carbocycles. The molecule has 0 bridgehead atoms. The van der Waals surface area contributed by atoms with Crippen molar-refractivity contribution in [2.45, 2.75) is 58.7 Å². The Morgan fingerprint density at radius 3 is 2.39 bits per heavy atom. The van der Waals surface area contributed by atoms with Crippen LogP contribution < -0.4 is 5.32 Å². The zero-order chi connectivity index (χ0) is 17.6. The lowest BCUT2D eigenvalue weighted by Gasteiger charge is -2.29. The first-order valence-corrected chi connectivity index (χ1v) is 7.89. The maximum Gasteiger partial charge on any atom is 0.317 e. The van der Waals surface area contributed by atoms with Crippen LogP contribution in [0.4, 0.5) is 13.6 Å². The fourth-order valence-electron chi connectivity index (χ4n) is 2.26. The zero-order valence-electron chi connectivity index (χ0n) is 14.1. The van der Waals surface area contributed by atoms with Crippen LogP contribution in [0.25, 0.3) is 0 Å². The number of benzene rings is 1. The predicted octanol–water partition coefficient (Wildman–Crippen LogP) is 3.09. The summed E-state index contributed by atoms with van der Waals surface area (Å²) in [6.07, 6.45) is 0.550. The minimum Gasteiger partial charge on any atom is -0.392 e. The van der Waals surface area contributed by atoms with Crippen LogP contribution in [-0.2, 0) is 6.42 Å². The van der Waals surface area contributed by atoms with Crippen molar-refractivity contribution in [1.82, 2.24) is 10.2 Å². The Labute approximate surface area is 136 Å². The highest BCUT2D eigenvalue weighted by atomic mass is 19.2. The highest BCUT2D eigenvalue weighted by molar-refractivity contribution is 5.74. The van der Waals surface area contributed by atoms with Crippen LogP contribution in [0.15, 0.2) is 18.2 Å². The van der Waals surface area contributed by atoms with E-state index in [1.165, 1.54) is 6.07 Å². The van der Waals surface area contributed by atoms with E-state index in [1.807, 2.05) is 20.8 Å². The van der Waals surface area contributed by atoms with Crippen LogP contribution in [0.2, 0.25) is 0 Å². The van der Waals surface area contributed by atoms with Crippen LogP contribution in [0, 0.1) is 11.6 Å². The molecule has 0 aliphatic heterocycles. The van der Waals surface area contributed by atoms with Crippen molar-refractivity contribution in [3.05, 3.63) is 35.4 Å². The smallest absolute Gasteiger partial charge is 0.317 e. The van der Waals surface area contributed by atoms with E-state index in [9.17, 15) is 18.7 Å². The third kappa shape index (κ3) is 6.52. The second-order valence-corrected chi connectivity index (χ2v) is 6.23. The van der Waals surface area contributed by atoms with Gasteiger partial charge in [0.2, 0.25) is 0 Å². The van der Waals surface area contributed by atoms with Gasteiger partial charge < -0.3 is 15.3 Å². The number of halogens is 2. The Hall–Kier alpha value is -1.69. The number of aliphatic hydroxyl groups excluding tert-OH is 1. The van der Waals surface area contributed by atoms with E-state index in [-0.39, 0.29) is 24.7 Å². The molecule has 0 radical (unpaired) electrons. The predicted molar refractivity (Wildman–Crippen MR) is 86.2 cm³/mol. The molecule has 1 rings (SSSR count). The number of nitrogens with one attached hydrogen (secondary N) is 1. The first-order valence-electron chi connectivity index (χ1n) is 7.89. The zero-order valence-corrected chi connectivity index (χ0v) is 14.1. The van der Waals surface area contributed by atoms with Gasteiger partial charge >= 0.3 is 6.03 Å². The molecule has 2 atom stereocenters. The highest BCUT2D eigenvalue weighted by Crippen LogP contribution is 2.11. The number of hydrogen-bond donors (Lipinski definition) is 2. The molecule has 2 amide bonds. The van der Waals surface area contributed by atoms with Gasteiger partial charge in [-0.2, -0.15) is 0 Å². The maximum absolute atomic E-state index is 13.2. The molecule has 0 saturated heterocycles. The molecule has 4 nitrogen and oxygen atoms in total. The Morgan fingerprint density at radius 2 is 1.87 bits per heavy atom. The van der Waals surface area contributed by atoms with E-state index in [0.717, 1.165) is 6.07 Å². The van der Waals surface area contributed by atoms with Gasteiger partial charge in [0.05, 0.1) is 6.10 Å². The highest BCUT2D eigenvalue weighted by Gasteiger charge is 2.20. The molecule has 0 aromatic heterocycles. The lowest BCUT2D eigenvalue weighted by molar-refractivity contribution is 0.117. The Morgan fingerprint density at radius 1 is 1.22 bits per heavy atom. The molecule has 0 fully saturated rings. The average Bonchev–Trinajstić information content (AvgIpc) is 2.45. The van der Waals surface area contributed by atoms with Crippen LogP contribution in [0.3, 0.4) is 0 Å². The molecule has 0 saturated carbocycles. The van der Waals surface area contributed by atoms with E-state index >= 15 is 0 Å². The van der Waals surface area contributed by atoms with Gasteiger partial charge in [-0.1, -0.05) is 6.07 Å². The normalized spacial score (nSPS) is 13.7. The van der Waals surface area contributed by atoms with E-state index < -0.39 is 17.7 Å². The summed E-state index contributed by atoms with van der Waals surface area (Å²) >= 11 is 0. The van der Waals surface area contributed by atoms with Gasteiger partial charge in [-0.05, 0) is 58.2 Å². The second-order valence-electron chi connectivity index (χ2n) is 6.23. The topological polar surface area (TPSA) is 52.6 Å². The average molecular weight is 328 g/mol. The van der Waals surface area contributed by atoms with Crippen LogP contribution in [-0.4, -0.2) is 40.8 Å². The molecule has 23 heavy (non-hydrogen) atoms. The largest absolute Gasteiger partial charge is 0.392 e. The van der Waals surface area contributed by atoms with Crippen molar-refractivity contribution < 1.29 is 18.7 Å². The molecule has 130 valence electrons. The quantitative estimate of drug-likeness (QED) is 0.808. The third-order valence-corrected chi connectivity index (χ3v) is 3.57. The van der Waals surface area contributed by atoms with Gasteiger partial charge in [-0.15, -0.1) is 0 Å². The first-order chi connectivity index (χ1) is 10.7. The number of hydrogen-bond acceptors (Lipinski definition) is 2. The number of amides is 2. The minimum atomic E-state index is -0.860. The Kier molecular flexibility index (Phi) is 7.42. The summed E-state index contributed by atoms with van der Waals surface area (Å²) in [6.45, 7) is 7.52. The lowest BCUT2D eigenvalue weighted by Crippen LogP contribution is -2.49. The first kappa shape index (κ1) is 19.4. The van der Waals surface area contributed by atoms with E-state index in [2.05, 4.69) is 5.32 Å². The maximum atomic E-state index is 13.2. The molecular weight excluding hydrogens is 302 g/mol. The molecule has 6 heteroatoms. The summed E-state index contributed by atoms with van der Waals surface area (Å²) in [4.78, 5) is 13.8. The van der Waals surface area contributed by atoms with Gasteiger partial charge in [0.1, 0.15) is 0 Å². The third-order valence-electron chi connectivity index (χ3n) is 3.57. The van der Waals surface area contributed by atoms with Gasteiger partial charge in [-0.25, -0.2) is 13.6 Å². The number of nitrogens with zero attached hydrogens (tertiary/aromatic N) is 1. The molecule has 0 spiro atoms. The second kappa shape index (κ2) is 8.82. The van der Waals surface area contributed by atoms with Crippen LogP contribution >= 0.6 is 0 Å². The van der Waals surface area contributed by atoms with Crippen molar-refractivity contribution in [3.8, 4) is 0 Å². The van der Waals surface area contributed by atoms with Gasteiger partial charge in [0, 0.05) is 18.6 Å². The summed E-state index contributed by atoms with van der Waals surface area (Å²) < 4.78 is 26.0. The summed E-state index contributed by atoms with van der Waals surface area (Å²) in [5.41, 5.74) is 0.690. The fraction of sp³-hybridized carbons (Fsp3) is 0.588. The van der Waals surface area contributed by atoms with E-state index in [4.69, 9.17) is 0 Å². The monoisotopic (exact) mass is 328 g/mol. The summed E-state index contributed by atoms with van der Waals surface area (Å²) in [7, 11) is 0. The fourth-order valence-corrected chi connectivity index (χ4v) is 2.26. The SMILES string of the molecule is CC(O)CN(C(=O)NC(C)CCc1ccc(F)c(F)c1)C(C)C. The number of rotatable bonds is 7. The van der Waals surface area contributed by atoms with Crippen molar-refractivity contribution in [3.63, 3.8) is 0 Å². The number of urea groups is 1. The van der Waals surface area contributed by atoms with Crippen molar-refractivity contribution >= 4 is 6.03 Å². The van der Waals surface area contributed by atoms with Crippen molar-refractivity contribution in [2.75, 3.05) is 6.54 Å². The molecular formula is C17H26F2N2O2. The molecule has 0 heterocycles. The van der Waals surface area contributed by atoms with Crippen molar-refractivity contribution in [2.24, 2.45) is 0 Å².